The zero-order valence-electron chi connectivity index (χ0n) is 8.32. The molecule has 0 aromatic carbocycles. The molecular formula is C10H17NO2S. The van der Waals surface area contributed by atoms with Gasteiger partial charge in [-0.3, -0.25) is 4.79 Å². The van der Waals surface area contributed by atoms with E-state index in [1.54, 1.807) is 11.8 Å². The third-order valence-corrected chi connectivity index (χ3v) is 4.28. The van der Waals surface area contributed by atoms with Crippen molar-refractivity contribution >= 4 is 17.7 Å². The SMILES string of the molecule is O=C(C1CCCS1)N1CCC[C@H](O)C1. The molecule has 2 aliphatic heterocycles. The van der Waals surface area contributed by atoms with Crippen LogP contribution in [0.1, 0.15) is 25.7 Å². The number of rotatable bonds is 1. The van der Waals surface area contributed by atoms with E-state index in [1.807, 2.05) is 4.90 Å². The van der Waals surface area contributed by atoms with E-state index in [9.17, 15) is 9.90 Å². The van der Waals surface area contributed by atoms with Gasteiger partial charge in [-0.15, -0.1) is 11.8 Å². The van der Waals surface area contributed by atoms with Crippen molar-refractivity contribution in [3.8, 4) is 0 Å². The number of amides is 1. The lowest BCUT2D eigenvalue weighted by atomic mass is 10.1. The molecule has 0 spiro atoms. The molecule has 0 aromatic heterocycles. The Balaban J connectivity index is 1.89. The van der Waals surface area contributed by atoms with Crippen molar-refractivity contribution in [1.82, 2.24) is 4.90 Å². The van der Waals surface area contributed by atoms with Gasteiger partial charge in [-0.25, -0.2) is 0 Å². The largest absolute Gasteiger partial charge is 0.391 e. The molecule has 4 heteroatoms. The van der Waals surface area contributed by atoms with Crippen LogP contribution in [-0.4, -0.2) is 46.1 Å². The number of thioether (sulfide) groups is 1. The van der Waals surface area contributed by atoms with Crippen LogP contribution < -0.4 is 0 Å². The molecule has 0 bridgehead atoms. The fraction of sp³-hybridized carbons (Fsp3) is 0.900. The second kappa shape index (κ2) is 4.53. The molecule has 0 aliphatic carbocycles. The van der Waals surface area contributed by atoms with E-state index in [2.05, 4.69) is 0 Å². The molecule has 1 unspecified atom stereocenters. The molecule has 0 radical (unpaired) electrons. The topological polar surface area (TPSA) is 40.5 Å². The maximum absolute atomic E-state index is 11.9. The Morgan fingerprint density at radius 2 is 2.21 bits per heavy atom. The number of β-amino-alcohol motifs (C(OH)–C–C–N with tert-alkyl or cyclic N) is 1. The summed E-state index contributed by atoms with van der Waals surface area (Å²) in [6.07, 6.45) is 3.69. The number of aliphatic hydroxyl groups excluding tert-OH is 1. The number of hydrogen-bond acceptors (Lipinski definition) is 3. The normalized spacial score (nSPS) is 33.4. The Morgan fingerprint density at radius 1 is 1.36 bits per heavy atom. The molecule has 2 fully saturated rings. The van der Waals surface area contributed by atoms with Gasteiger partial charge in [-0.05, 0) is 31.4 Å². The molecule has 1 amide bonds. The van der Waals surface area contributed by atoms with Gasteiger partial charge in [0.25, 0.3) is 0 Å². The van der Waals surface area contributed by atoms with Gasteiger partial charge in [0.1, 0.15) is 0 Å². The molecule has 1 N–H and O–H groups in total. The number of aliphatic hydroxyl groups is 1. The number of likely N-dealkylation sites (tertiary alicyclic amines) is 1. The van der Waals surface area contributed by atoms with Crippen LogP contribution >= 0.6 is 11.8 Å². The average Bonchev–Trinajstić information content (AvgIpc) is 2.69. The monoisotopic (exact) mass is 215 g/mol. The molecule has 2 rings (SSSR count). The molecule has 80 valence electrons. The van der Waals surface area contributed by atoms with Crippen molar-refractivity contribution in [2.24, 2.45) is 0 Å². The lowest BCUT2D eigenvalue weighted by molar-refractivity contribution is -0.133. The van der Waals surface area contributed by atoms with Crippen molar-refractivity contribution in [3.05, 3.63) is 0 Å². The van der Waals surface area contributed by atoms with Gasteiger partial charge in [-0.2, -0.15) is 0 Å². The maximum atomic E-state index is 11.9. The number of carbonyl (C=O) groups excluding carboxylic acids is 1. The quantitative estimate of drug-likeness (QED) is 0.705. The first kappa shape index (κ1) is 10.3. The second-order valence-electron chi connectivity index (χ2n) is 4.08. The summed E-state index contributed by atoms with van der Waals surface area (Å²) >= 11 is 1.77. The molecule has 0 saturated carbocycles. The molecule has 2 heterocycles. The minimum Gasteiger partial charge on any atom is -0.391 e. The van der Waals surface area contributed by atoms with Gasteiger partial charge >= 0.3 is 0 Å². The summed E-state index contributed by atoms with van der Waals surface area (Å²) in [5.74, 6) is 1.37. The molecular weight excluding hydrogens is 198 g/mol. The average molecular weight is 215 g/mol. The Kier molecular flexibility index (Phi) is 3.34. The van der Waals surface area contributed by atoms with Gasteiger partial charge in [0, 0.05) is 13.1 Å². The third kappa shape index (κ3) is 2.23. The molecule has 2 aliphatic rings. The van der Waals surface area contributed by atoms with E-state index in [-0.39, 0.29) is 17.3 Å². The van der Waals surface area contributed by atoms with E-state index >= 15 is 0 Å². The van der Waals surface area contributed by atoms with Gasteiger partial charge in [0.2, 0.25) is 5.91 Å². The van der Waals surface area contributed by atoms with Crippen LogP contribution in [0.2, 0.25) is 0 Å². The van der Waals surface area contributed by atoms with Crippen LogP contribution in [0.15, 0.2) is 0 Å². The molecule has 2 saturated heterocycles. The van der Waals surface area contributed by atoms with E-state index in [4.69, 9.17) is 0 Å². The van der Waals surface area contributed by atoms with Crippen LogP contribution in [0, 0.1) is 0 Å². The van der Waals surface area contributed by atoms with Crippen LogP contribution in [-0.2, 0) is 4.79 Å². The number of hydrogen-bond donors (Lipinski definition) is 1. The summed E-state index contributed by atoms with van der Waals surface area (Å²) in [5, 5.41) is 9.65. The highest BCUT2D eigenvalue weighted by atomic mass is 32.2. The molecule has 0 aromatic rings. The lowest BCUT2D eigenvalue weighted by Crippen LogP contribution is -2.45. The van der Waals surface area contributed by atoms with Gasteiger partial charge in [-0.1, -0.05) is 0 Å². The van der Waals surface area contributed by atoms with Crippen molar-refractivity contribution < 1.29 is 9.90 Å². The Bertz CT molecular complexity index is 216. The first-order valence-corrected chi connectivity index (χ1v) is 6.40. The van der Waals surface area contributed by atoms with E-state index < -0.39 is 0 Å². The zero-order chi connectivity index (χ0) is 9.97. The summed E-state index contributed by atoms with van der Waals surface area (Å²) in [5.41, 5.74) is 0. The highest BCUT2D eigenvalue weighted by molar-refractivity contribution is 8.00. The van der Waals surface area contributed by atoms with E-state index in [0.29, 0.717) is 6.54 Å². The highest BCUT2D eigenvalue weighted by Gasteiger charge is 2.30. The van der Waals surface area contributed by atoms with Gasteiger partial charge in [0.15, 0.2) is 0 Å². The van der Waals surface area contributed by atoms with Gasteiger partial charge in [0.05, 0.1) is 11.4 Å². The third-order valence-electron chi connectivity index (χ3n) is 2.91. The summed E-state index contributed by atoms with van der Waals surface area (Å²) in [6, 6.07) is 0. The summed E-state index contributed by atoms with van der Waals surface area (Å²) in [4.78, 5) is 13.8. The standard InChI is InChI=1S/C10H17NO2S/c12-8-3-1-5-11(7-8)10(13)9-4-2-6-14-9/h8-9,12H,1-7H2/t8-,9?/m0/s1. The zero-order valence-corrected chi connectivity index (χ0v) is 9.13. The molecule has 2 atom stereocenters. The van der Waals surface area contributed by atoms with E-state index in [0.717, 1.165) is 38.0 Å². The van der Waals surface area contributed by atoms with Crippen molar-refractivity contribution in [2.75, 3.05) is 18.8 Å². The highest BCUT2D eigenvalue weighted by Crippen LogP contribution is 2.28. The fourth-order valence-corrected chi connectivity index (χ4v) is 3.37. The van der Waals surface area contributed by atoms with E-state index in [1.165, 1.54) is 0 Å². The fourth-order valence-electron chi connectivity index (χ4n) is 2.13. The minimum atomic E-state index is -0.292. The maximum Gasteiger partial charge on any atom is 0.235 e. The predicted molar refractivity (Wildman–Crippen MR) is 57.3 cm³/mol. The summed E-state index contributed by atoms with van der Waals surface area (Å²) < 4.78 is 0. The first-order chi connectivity index (χ1) is 6.77. The summed E-state index contributed by atoms with van der Waals surface area (Å²) in [7, 11) is 0. The molecule has 3 nitrogen and oxygen atoms in total. The number of carbonyl (C=O) groups is 1. The van der Waals surface area contributed by atoms with Crippen molar-refractivity contribution in [2.45, 2.75) is 37.0 Å². The molecule has 14 heavy (non-hydrogen) atoms. The van der Waals surface area contributed by atoms with Crippen LogP contribution in [0.4, 0.5) is 0 Å². The van der Waals surface area contributed by atoms with Crippen LogP contribution in [0.3, 0.4) is 0 Å². The number of nitrogens with zero attached hydrogens (tertiary/aromatic N) is 1. The van der Waals surface area contributed by atoms with Crippen LogP contribution in [0.5, 0.6) is 0 Å². The summed E-state index contributed by atoms with van der Waals surface area (Å²) in [6.45, 7) is 1.39. The van der Waals surface area contributed by atoms with Crippen molar-refractivity contribution in [1.29, 1.82) is 0 Å². The Hall–Kier alpha value is -0.220. The Labute approximate surface area is 88.9 Å². The van der Waals surface area contributed by atoms with Crippen LogP contribution in [0.25, 0.3) is 0 Å². The van der Waals surface area contributed by atoms with Crippen molar-refractivity contribution in [3.63, 3.8) is 0 Å². The second-order valence-corrected chi connectivity index (χ2v) is 5.39. The first-order valence-electron chi connectivity index (χ1n) is 5.36. The Morgan fingerprint density at radius 3 is 2.86 bits per heavy atom. The van der Waals surface area contributed by atoms with Gasteiger partial charge < -0.3 is 10.0 Å². The lowest BCUT2D eigenvalue weighted by Gasteiger charge is -2.31. The minimum absolute atomic E-state index is 0.181. The smallest absolute Gasteiger partial charge is 0.235 e. The number of piperidine rings is 1. The predicted octanol–water partition coefficient (Wildman–Crippen LogP) is 0.865.